The van der Waals surface area contributed by atoms with E-state index in [1.807, 2.05) is 38.1 Å². The van der Waals surface area contributed by atoms with E-state index in [1.54, 1.807) is 0 Å². The Balaban J connectivity index is 1.23. The zero-order valence-electron chi connectivity index (χ0n) is 16.9. The van der Waals surface area contributed by atoms with E-state index in [0.717, 1.165) is 11.6 Å². The molecule has 30 heavy (non-hydrogen) atoms. The van der Waals surface area contributed by atoms with Gasteiger partial charge < -0.3 is 15.4 Å². The fraction of sp³-hybridized carbons (Fsp3) is 0.391. The van der Waals surface area contributed by atoms with Gasteiger partial charge in [0.15, 0.2) is 6.61 Å². The quantitative estimate of drug-likeness (QED) is 0.695. The summed E-state index contributed by atoms with van der Waals surface area (Å²) in [4.78, 5) is 24.9. The lowest BCUT2D eigenvalue weighted by atomic mass is 9.39. The number of amides is 2. The van der Waals surface area contributed by atoms with E-state index in [0.29, 0.717) is 19.3 Å². The third kappa shape index (κ3) is 3.88. The largest absolute Gasteiger partial charge is 0.484 e. The zero-order valence-corrected chi connectivity index (χ0v) is 17.7. The fourth-order valence-corrected chi connectivity index (χ4v) is 4.61. The van der Waals surface area contributed by atoms with Crippen molar-refractivity contribution in [2.45, 2.75) is 44.7 Å². The molecule has 3 aliphatic rings. The molecular weight excluding hydrogens is 407 g/mol. The molecule has 2 amide bonds. The Hall–Kier alpha value is -2.60. The van der Waals surface area contributed by atoms with Gasteiger partial charge in [0.05, 0.1) is 16.5 Å². The second kappa shape index (κ2) is 7.58. The molecule has 2 bridgehead atoms. The second-order valence-electron chi connectivity index (χ2n) is 8.61. The first-order chi connectivity index (χ1) is 14.2. The smallest absolute Gasteiger partial charge is 0.258 e. The van der Waals surface area contributed by atoms with Crippen molar-refractivity contribution in [1.82, 2.24) is 10.6 Å². The van der Waals surface area contributed by atoms with Crippen molar-refractivity contribution in [3.63, 3.8) is 0 Å². The van der Waals surface area contributed by atoms with Gasteiger partial charge in [-0.15, -0.1) is 0 Å². The summed E-state index contributed by atoms with van der Waals surface area (Å²) in [5.74, 6) is -0.598. The lowest BCUT2D eigenvalue weighted by molar-refractivity contribution is -0.184. The average molecular weight is 431 g/mol. The highest BCUT2D eigenvalue weighted by molar-refractivity contribution is 6.30. The number of benzene rings is 2. The van der Waals surface area contributed by atoms with Crippen LogP contribution in [0.4, 0.5) is 4.39 Å². The van der Waals surface area contributed by atoms with E-state index in [4.69, 9.17) is 16.3 Å². The second-order valence-corrected chi connectivity index (χ2v) is 9.02. The van der Waals surface area contributed by atoms with E-state index in [2.05, 4.69) is 10.6 Å². The molecular formula is C23H24ClFN2O3. The molecule has 158 valence electrons. The van der Waals surface area contributed by atoms with Gasteiger partial charge in [0.1, 0.15) is 11.6 Å². The van der Waals surface area contributed by atoms with Gasteiger partial charge in [-0.2, -0.15) is 0 Å². The molecule has 0 aromatic heterocycles. The van der Waals surface area contributed by atoms with Crippen molar-refractivity contribution < 1.29 is 18.7 Å². The lowest BCUT2D eigenvalue weighted by Gasteiger charge is -2.69. The molecule has 0 unspecified atom stereocenters. The minimum Gasteiger partial charge on any atom is -0.484 e. The van der Waals surface area contributed by atoms with Crippen LogP contribution in [0.1, 0.15) is 43.4 Å². The summed E-state index contributed by atoms with van der Waals surface area (Å²) in [6, 6.07) is 12.1. The average Bonchev–Trinajstić information content (AvgIpc) is 2.64. The van der Waals surface area contributed by atoms with Gasteiger partial charge in [0.2, 0.25) is 5.91 Å². The molecule has 1 atom stereocenters. The Bertz CT molecular complexity index is 973. The third-order valence-corrected chi connectivity index (χ3v) is 6.41. The first-order valence-corrected chi connectivity index (χ1v) is 10.3. The van der Waals surface area contributed by atoms with Crippen LogP contribution in [0, 0.1) is 18.2 Å². The van der Waals surface area contributed by atoms with Gasteiger partial charge in [-0.25, -0.2) is 4.39 Å². The number of halogens is 2. The summed E-state index contributed by atoms with van der Waals surface area (Å²) in [7, 11) is 0. The highest BCUT2D eigenvalue weighted by atomic mass is 35.5. The number of rotatable bonds is 7. The number of carbonyl (C=O) groups is 2. The molecule has 2 aromatic rings. The monoisotopic (exact) mass is 430 g/mol. The molecule has 5 nitrogen and oxygen atoms in total. The van der Waals surface area contributed by atoms with Crippen molar-refractivity contribution in [2.24, 2.45) is 5.41 Å². The van der Waals surface area contributed by atoms with E-state index in [1.165, 1.54) is 17.7 Å². The van der Waals surface area contributed by atoms with Crippen molar-refractivity contribution in [3.8, 4) is 5.75 Å². The number of carbonyl (C=O) groups excluding carboxylic acids is 2. The fourth-order valence-electron chi connectivity index (χ4n) is 4.50. The molecule has 3 fully saturated rings. The summed E-state index contributed by atoms with van der Waals surface area (Å²) in [5, 5.41) is 6.06. The van der Waals surface area contributed by atoms with Gasteiger partial charge in [-0.1, -0.05) is 41.4 Å². The molecule has 0 radical (unpaired) electrons. The van der Waals surface area contributed by atoms with Crippen LogP contribution in [0.25, 0.3) is 0 Å². The van der Waals surface area contributed by atoms with Crippen molar-refractivity contribution in [1.29, 1.82) is 0 Å². The predicted molar refractivity (Wildman–Crippen MR) is 112 cm³/mol. The van der Waals surface area contributed by atoms with Crippen LogP contribution in [0.3, 0.4) is 0 Å². The van der Waals surface area contributed by atoms with Crippen LogP contribution in [-0.2, 0) is 9.59 Å². The van der Waals surface area contributed by atoms with E-state index in [-0.39, 0.29) is 46.2 Å². The molecule has 3 aliphatic carbocycles. The Labute approximate surface area is 179 Å². The van der Waals surface area contributed by atoms with Gasteiger partial charge >= 0.3 is 0 Å². The number of ether oxygens (including phenoxy) is 1. The number of aryl methyl sites for hydroxylation is 1. The molecule has 2 aromatic carbocycles. The van der Waals surface area contributed by atoms with E-state index < -0.39 is 5.82 Å². The topological polar surface area (TPSA) is 67.4 Å². The predicted octanol–water partition coefficient (Wildman–Crippen LogP) is 4.08. The molecule has 0 aliphatic heterocycles. The lowest BCUT2D eigenvalue weighted by Crippen LogP contribution is -2.78. The minimum atomic E-state index is -0.596. The molecule has 0 spiro atoms. The molecule has 3 saturated carbocycles. The molecule has 0 heterocycles. The molecule has 7 heteroatoms. The first-order valence-electron chi connectivity index (χ1n) is 9.97. The van der Waals surface area contributed by atoms with Gasteiger partial charge in [0, 0.05) is 11.6 Å². The maximum Gasteiger partial charge on any atom is 0.258 e. The molecule has 2 N–H and O–H groups in total. The Morgan fingerprint density at radius 3 is 2.47 bits per heavy atom. The van der Waals surface area contributed by atoms with E-state index >= 15 is 0 Å². The summed E-state index contributed by atoms with van der Waals surface area (Å²) in [6.07, 6.45) is 1.90. The standard InChI is InChI=1S/C23H24ClFN2O3/c1-14-3-5-16(6-4-14)15(2)26-21(29)22-11-23(12-22,13-22)27-20(28)10-30-17-7-8-18(24)19(25)9-17/h3-9,15H,10-13H2,1-2H3,(H,26,29)(H,27,28)/t15-,22?,23?/m1/s1. The zero-order chi connectivity index (χ0) is 21.5. The van der Waals surface area contributed by atoms with Crippen LogP contribution >= 0.6 is 11.6 Å². The van der Waals surface area contributed by atoms with Crippen molar-refractivity contribution in [2.75, 3.05) is 6.61 Å². The van der Waals surface area contributed by atoms with Crippen LogP contribution in [0.5, 0.6) is 5.75 Å². The minimum absolute atomic E-state index is 0.000870. The summed E-state index contributed by atoms with van der Waals surface area (Å²) in [6.45, 7) is 3.79. The number of nitrogens with one attached hydrogen (secondary N) is 2. The van der Waals surface area contributed by atoms with Crippen LogP contribution in [0.2, 0.25) is 5.02 Å². The van der Waals surface area contributed by atoms with E-state index in [9.17, 15) is 14.0 Å². The first kappa shape index (κ1) is 20.7. The van der Waals surface area contributed by atoms with Crippen LogP contribution in [0.15, 0.2) is 42.5 Å². The maximum atomic E-state index is 13.4. The summed E-state index contributed by atoms with van der Waals surface area (Å²) in [5.41, 5.74) is 1.54. The molecule has 5 rings (SSSR count). The maximum absolute atomic E-state index is 13.4. The molecule has 0 saturated heterocycles. The number of hydrogen-bond donors (Lipinski definition) is 2. The summed E-state index contributed by atoms with van der Waals surface area (Å²) >= 11 is 5.63. The normalized spacial score (nSPS) is 24.8. The summed E-state index contributed by atoms with van der Waals surface area (Å²) < 4.78 is 18.8. The van der Waals surface area contributed by atoms with Gasteiger partial charge in [-0.3, -0.25) is 9.59 Å². The van der Waals surface area contributed by atoms with Crippen LogP contribution in [-0.4, -0.2) is 24.0 Å². The van der Waals surface area contributed by atoms with Crippen LogP contribution < -0.4 is 15.4 Å². The van der Waals surface area contributed by atoms with Gasteiger partial charge in [0.25, 0.3) is 5.91 Å². The highest BCUT2D eigenvalue weighted by Gasteiger charge is 2.72. The third-order valence-electron chi connectivity index (χ3n) is 6.10. The van der Waals surface area contributed by atoms with Crippen molar-refractivity contribution in [3.05, 3.63) is 64.4 Å². The Morgan fingerprint density at radius 2 is 1.83 bits per heavy atom. The highest BCUT2D eigenvalue weighted by Crippen LogP contribution is 2.67. The SMILES string of the molecule is Cc1ccc([C@@H](C)NC(=O)C23CC(NC(=O)COc4ccc(Cl)c(F)c4)(C2)C3)cc1. The van der Waals surface area contributed by atoms with Gasteiger partial charge in [-0.05, 0) is 50.8 Å². The van der Waals surface area contributed by atoms with Crippen molar-refractivity contribution >= 4 is 23.4 Å². The number of hydrogen-bond acceptors (Lipinski definition) is 3. The Kier molecular flexibility index (Phi) is 5.22. The Morgan fingerprint density at radius 1 is 1.17 bits per heavy atom.